The molecule has 2 aromatic rings. The monoisotopic (exact) mass is 370 g/mol. The van der Waals surface area contributed by atoms with Gasteiger partial charge in [-0.3, -0.25) is 9.59 Å². The van der Waals surface area contributed by atoms with Gasteiger partial charge >= 0.3 is 0 Å². The summed E-state index contributed by atoms with van der Waals surface area (Å²) >= 11 is 0. The van der Waals surface area contributed by atoms with Crippen LogP contribution in [0.2, 0.25) is 0 Å². The van der Waals surface area contributed by atoms with Gasteiger partial charge in [-0.15, -0.1) is 0 Å². The molecular formula is C19H22N4O4. The maximum Gasteiger partial charge on any atom is 0.270 e. The minimum atomic E-state index is -0.170. The highest BCUT2D eigenvalue weighted by Crippen LogP contribution is 2.31. The number of nitrogens with one attached hydrogen (secondary N) is 1. The zero-order valence-corrected chi connectivity index (χ0v) is 15.0. The van der Waals surface area contributed by atoms with Crippen molar-refractivity contribution >= 4 is 28.5 Å². The SMILES string of the molecule is O=C(NC1CN2CCC1CC2)c1cc2c(N3CCOCC3=O)coc2cn1. The number of hydrogen-bond donors (Lipinski definition) is 1. The first-order chi connectivity index (χ1) is 13.2. The van der Waals surface area contributed by atoms with Crippen molar-refractivity contribution in [3.8, 4) is 0 Å². The van der Waals surface area contributed by atoms with Crippen LogP contribution in [0.1, 0.15) is 23.3 Å². The number of amides is 2. The summed E-state index contributed by atoms with van der Waals surface area (Å²) in [5.74, 6) is 0.272. The van der Waals surface area contributed by atoms with Gasteiger partial charge in [0.15, 0.2) is 5.58 Å². The van der Waals surface area contributed by atoms with Gasteiger partial charge in [-0.2, -0.15) is 0 Å². The lowest BCUT2D eigenvalue weighted by Crippen LogP contribution is -2.57. The molecule has 1 unspecified atom stereocenters. The molecule has 2 aromatic heterocycles. The van der Waals surface area contributed by atoms with E-state index in [1.54, 1.807) is 23.4 Å². The van der Waals surface area contributed by atoms with Gasteiger partial charge in [0.1, 0.15) is 18.6 Å². The molecule has 0 aliphatic carbocycles. The summed E-state index contributed by atoms with van der Waals surface area (Å²) in [4.78, 5) is 33.2. The molecule has 6 heterocycles. The lowest BCUT2D eigenvalue weighted by Gasteiger charge is -2.44. The Kier molecular flexibility index (Phi) is 4.09. The topological polar surface area (TPSA) is 87.9 Å². The smallest absolute Gasteiger partial charge is 0.270 e. The molecule has 27 heavy (non-hydrogen) atoms. The standard InChI is InChI=1S/C19H22N4O4/c24-18-11-26-6-5-23(18)16-10-27-17-8-20-14(7-13(16)17)19(25)21-15-9-22-3-1-12(15)2-4-22/h7-8,10,12,15H,1-6,9,11H2,(H,21,25). The van der Waals surface area contributed by atoms with E-state index in [9.17, 15) is 9.59 Å². The zero-order valence-electron chi connectivity index (χ0n) is 15.0. The van der Waals surface area contributed by atoms with Crippen molar-refractivity contribution < 1.29 is 18.7 Å². The molecule has 0 aromatic carbocycles. The van der Waals surface area contributed by atoms with E-state index in [0.717, 1.165) is 37.9 Å². The van der Waals surface area contributed by atoms with E-state index >= 15 is 0 Å². The van der Waals surface area contributed by atoms with Gasteiger partial charge in [-0.25, -0.2) is 4.98 Å². The average molecular weight is 370 g/mol. The van der Waals surface area contributed by atoms with E-state index in [4.69, 9.17) is 9.15 Å². The third kappa shape index (κ3) is 2.98. The number of rotatable bonds is 3. The molecule has 1 atom stereocenters. The van der Waals surface area contributed by atoms with Gasteiger partial charge in [-0.1, -0.05) is 0 Å². The molecule has 1 N–H and O–H groups in total. The zero-order chi connectivity index (χ0) is 18.4. The number of hydrogen-bond acceptors (Lipinski definition) is 6. The molecule has 4 aliphatic heterocycles. The lowest BCUT2D eigenvalue weighted by atomic mass is 9.84. The van der Waals surface area contributed by atoms with Gasteiger partial charge in [0, 0.05) is 24.5 Å². The van der Waals surface area contributed by atoms with Crippen LogP contribution < -0.4 is 10.2 Å². The highest BCUT2D eigenvalue weighted by Gasteiger charge is 2.35. The van der Waals surface area contributed by atoms with Crippen LogP contribution in [-0.2, 0) is 9.53 Å². The number of aromatic nitrogens is 1. The second-order valence-corrected chi connectivity index (χ2v) is 7.50. The number of nitrogens with zero attached hydrogens (tertiary/aromatic N) is 3. The van der Waals surface area contributed by atoms with Crippen molar-refractivity contribution in [1.29, 1.82) is 0 Å². The first-order valence-corrected chi connectivity index (χ1v) is 9.47. The number of carbonyl (C=O) groups excluding carboxylic acids is 2. The summed E-state index contributed by atoms with van der Waals surface area (Å²) in [5, 5.41) is 3.88. The summed E-state index contributed by atoms with van der Waals surface area (Å²) in [6.07, 6.45) is 5.38. The minimum Gasteiger partial charge on any atom is -0.460 e. The molecule has 0 spiro atoms. The molecule has 0 radical (unpaired) electrons. The van der Waals surface area contributed by atoms with E-state index in [1.807, 2.05) is 0 Å². The van der Waals surface area contributed by atoms with Crippen LogP contribution in [-0.4, -0.2) is 67.1 Å². The molecular weight excluding hydrogens is 348 g/mol. The summed E-state index contributed by atoms with van der Waals surface area (Å²) in [5.41, 5.74) is 1.57. The highest BCUT2D eigenvalue weighted by atomic mass is 16.5. The fourth-order valence-corrected chi connectivity index (χ4v) is 4.40. The van der Waals surface area contributed by atoms with Gasteiger partial charge in [0.2, 0.25) is 0 Å². The van der Waals surface area contributed by atoms with Crippen LogP contribution in [0, 0.1) is 5.92 Å². The van der Waals surface area contributed by atoms with E-state index in [-0.39, 0.29) is 24.5 Å². The van der Waals surface area contributed by atoms with E-state index < -0.39 is 0 Å². The number of morpholine rings is 1. The number of fused-ring (bicyclic) bond motifs is 4. The second-order valence-electron chi connectivity index (χ2n) is 7.50. The summed E-state index contributed by atoms with van der Waals surface area (Å²) in [6.45, 7) is 4.19. The third-order valence-corrected chi connectivity index (χ3v) is 5.92. The maximum atomic E-state index is 12.8. The Hall–Kier alpha value is -2.45. The molecule has 2 bridgehead atoms. The second kappa shape index (κ2) is 6.61. The quantitative estimate of drug-likeness (QED) is 0.868. The first-order valence-electron chi connectivity index (χ1n) is 9.47. The molecule has 0 saturated carbocycles. The Labute approximate surface area is 156 Å². The van der Waals surface area contributed by atoms with Crippen molar-refractivity contribution in [1.82, 2.24) is 15.2 Å². The fraction of sp³-hybridized carbons (Fsp3) is 0.526. The largest absolute Gasteiger partial charge is 0.460 e. The summed E-state index contributed by atoms with van der Waals surface area (Å²) in [6, 6.07) is 1.90. The van der Waals surface area contributed by atoms with Crippen molar-refractivity contribution in [2.75, 3.05) is 44.3 Å². The van der Waals surface area contributed by atoms with Crippen LogP contribution in [0.5, 0.6) is 0 Å². The van der Waals surface area contributed by atoms with Gasteiger partial charge in [0.05, 0.1) is 18.5 Å². The van der Waals surface area contributed by atoms with Gasteiger partial charge < -0.3 is 24.3 Å². The average Bonchev–Trinajstić information content (AvgIpc) is 3.12. The number of pyridine rings is 1. The van der Waals surface area contributed by atoms with Crippen molar-refractivity contribution in [2.24, 2.45) is 5.92 Å². The van der Waals surface area contributed by atoms with Gasteiger partial charge in [-0.05, 0) is 37.9 Å². The van der Waals surface area contributed by atoms with Crippen molar-refractivity contribution in [2.45, 2.75) is 18.9 Å². The molecule has 4 fully saturated rings. The molecule has 142 valence electrons. The molecule has 8 heteroatoms. The molecule has 4 saturated heterocycles. The van der Waals surface area contributed by atoms with Gasteiger partial charge in [0.25, 0.3) is 11.8 Å². The number of ether oxygens (including phenoxy) is 1. The number of carbonyl (C=O) groups is 2. The predicted molar refractivity (Wildman–Crippen MR) is 97.6 cm³/mol. The third-order valence-electron chi connectivity index (χ3n) is 5.92. The Morgan fingerprint density at radius 3 is 2.85 bits per heavy atom. The van der Waals surface area contributed by atoms with Crippen LogP contribution in [0.3, 0.4) is 0 Å². The normalized spacial score (nSPS) is 27.9. The molecule has 6 rings (SSSR count). The van der Waals surface area contributed by atoms with E-state index in [1.165, 1.54) is 0 Å². The Morgan fingerprint density at radius 2 is 2.11 bits per heavy atom. The number of anilines is 1. The van der Waals surface area contributed by atoms with Crippen LogP contribution in [0.4, 0.5) is 5.69 Å². The summed E-state index contributed by atoms with van der Waals surface area (Å²) in [7, 11) is 0. The lowest BCUT2D eigenvalue weighted by molar-refractivity contribution is -0.125. The predicted octanol–water partition coefficient (Wildman–Crippen LogP) is 1.01. The minimum absolute atomic E-state index is 0.0602. The highest BCUT2D eigenvalue weighted by molar-refractivity contribution is 6.05. The van der Waals surface area contributed by atoms with Crippen LogP contribution in [0.25, 0.3) is 11.0 Å². The fourth-order valence-electron chi connectivity index (χ4n) is 4.40. The molecule has 8 nitrogen and oxygen atoms in total. The molecule has 2 amide bonds. The van der Waals surface area contributed by atoms with Crippen molar-refractivity contribution in [3.05, 3.63) is 24.2 Å². The van der Waals surface area contributed by atoms with Crippen LogP contribution in [0.15, 0.2) is 22.9 Å². The maximum absolute atomic E-state index is 12.8. The van der Waals surface area contributed by atoms with Crippen LogP contribution >= 0.6 is 0 Å². The Bertz CT molecular complexity index is 887. The Balaban J connectivity index is 1.39. The summed E-state index contributed by atoms with van der Waals surface area (Å²) < 4.78 is 10.7. The van der Waals surface area contributed by atoms with E-state index in [2.05, 4.69) is 15.2 Å². The van der Waals surface area contributed by atoms with Crippen molar-refractivity contribution in [3.63, 3.8) is 0 Å². The Morgan fingerprint density at radius 1 is 1.26 bits per heavy atom. The number of piperidine rings is 3. The number of furan rings is 1. The molecule has 4 aliphatic rings. The first kappa shape index (κ1) is 16.7. The van der Waals surface area contributed by atoms with E-state index in [0.29, 0.717) is 36.0 Å².